The van der Waals surface area contributed by atoms with E-state index < -0.39 is 72.2 Å². The Morgan fingerprint density at radius 1 is 0.917 bits per heavy atom. The van der Waals surface area contributed by atoms with Gasteiger partial charge in [-0.1, -0.05) is 32.4 Å². The highest BCUT2D eigenvalue weighted by Gasteiger charge is 2.33. The fourth-order valence-electron chi connectivity index (χ4n) is 3.18. The van der Waals surface area contributed by atoms with Gasteiger partial charge in [-0.3, -0.25) is 19.2 Å². The Balaban J connectivity index is 3.18. The number of primary amides is 1. The number of carbonyl (C=O) groups excluding carboxylic acids is 4. The van der Waals surface area contributed by atoms with Gasteiger partial charge >= 0.3 is 5.97 Å². The van der Waals surface area contributed by atoms with E-state index in [4.69, 9.17) is 11.5 Å². The van der Waals surface area contributed by atoms with Crippen molar-refractivity contribution in [2.75, 3.05) is 0 Å². The van der Waals surface area contributed by atoms with Crippen molar-refractivity contribution in [2.45, 2.75) is 70.3 Å². The molecule has 0 saturated heterocycles. The van der Waals surface area contributed by atoms with Gasteiger partial charge in [0.2, 0.25) is 23.6 Å². The minimum Gasteiger partial charge on any atom is -0.508 e. The number of phenolic OH excluding ortho intramolecular Hbond substituents is 1. The number of nitrogens with two attached hydrogens (primary N) is 2. The molecule has 1 rings (SSSR count). The van der Waals surface area contributed by atoms with Gasteiger partial charge in [0.25, 0.3) is 0 Å². The van der Waals surface area contributed by atoms with E-state index in [0.717, 1.165) is 0 Å². The van der Waals surface area contributed by atoms with Crippen molar-refractivity contribution in [1.29, 1.82) is 0 Å². The number of amides is 4. The second-order valence-electron chi connectivity index (χ2n) is 8.64. The third-order valence-corrected chi connectivity index (χ3v) is 5.64. The number of aliphatic hydroxyl groups excluding tert-OH is 1. The Hall–Kier alpha value is -3.71. The summed E-state index contributed by atoms with van der Waals surface area (Å²) in [6.45, 7) is 4.73. The van der Waals surface area contributed by atoms with Crippen LogP contribution in [0.2, 0.25) is 0 Å². The fraction of sp³-hybridized carbons (Fsp3) is 0.522. The number of carboxylic acid groups (broad SMARTS) is 1. The summed E-state index contributed by atoms with van der Waals surface area (Å²) < 4.78 is 0. The molecule has 0 aliphatic heterocycles. The third-order valence-electron chi connectivity index (χ3n) is 5.64. The molecule has 13 nitrogen and oxygen atoms in total. The molecule has 36 heavy (non-hydrogen) atoms. The summed E-state index contributed by atoms with van der Waals surface area (Å²) in [5, 5.41) is 35.6. The standard InChI is InChI=1S/C23H35N5O8/c1-4-11(2)19(22(34)27-16(23(35)36)10-17(24)31)28-20(32)15(26-21(33)18(25)12(3)29)9-13-5-7-14(30)8-6-13/h5-8,11-12,15-16,18-19,29-30H,4,9-10,25H2,1-3H3,(H2,24,31)(H,26,33)(H,27,34)(H,28,32)(H,35,36). The normalized spacial score (nSPS) is 15.9. The highest BCUT2D eigenvalue weighted by Crippen LogP contribution is 2.13. The van der Waals surface area contributed by atoms with Crippen LogP contribution in [0.4, 0.5) is 0 Å². The Labute approximate surface area is 208 Å². The number of phenols is 1. The number of aliphatic carboxylic acids is 1. The molecule has 13 heteroatoms. The number of aromatic hydroxyl groups is 1. The second kappa shape index (κ2) is 14.0. The largest absolute Gasteiger partial charge is 0.508 e. The maximum Gasteiger partial charge on any atom is 0.326 e. The summed E-state index contributed by atoms with van der Waals surface area (Å²) in [5.41, 5.74) is 11.3. The molecule has 0 heterocycles. The molecule has 0 aliphatic rings. The highest BCUT2D eigenvalue weighted by molar-refractivity contribution is 5.95. The van der Waals surface area contributed by atoms with Crippen molar-refractivity contribution in [3.05, 3.63) is 29.8 Å². The molecule has 0 saturated carbocycles. The average Bonchev–Trinajstić information content (AvgIpc) is 2.81. The molecule has 10 N–H and O–H groups in total. The van der Waals surface area contributed by atoms with E-state index in [1.54, 1.807) is 13.8 Å². The van der Waals surface area contributed by atoms with E-state index in [2.05, 4.69) is 16.0 Å². The molecular weight excluding hydrogens is 474 g/mol. The average molecular weight is 510 g/mol. The lowest BCUT2D eigenvalue weighted by Crippen LogP contribution is -2.60. The molecule has 1 aromatic carbocycles. The maximum atomic E-state index is 13.2. The topological polar surface area (TPSA) is 234 Å². The van der Waals surface area contributed by atoms with Gasteiger partial charge in [0.05, 0.1) is 12.5 Å². The van der Waals surface area contributed by atoms with Gasteiger partial charge < -0.3 is 42.7 Å². The first kappa shape index (κ1) is 30.3. The SMILES string of the molecule is CCC(C)C(NC(=O)C(Cc1ccc(O)cc1)NC(=O)C(N)C(C)O)C(=O)NC(CC(N)=O)C(=O)O. The Kier molecular flexibility index (Phi) is 11.8. The Morgan fingerprint density at radius 3 is 1.94 bits per heavy atom. The highest BCUT2D eigenvalue weighted by atomic mass is 16.4. The minimum atomic E-state index is -1.59. The lowest BCUT2D eigenvalue weighted by Gasteiger charge is -2.28. The van der Waals surface area contributed by atoms with Gasteiger partial charge in [-0.2, -0.15) is 0 Å². The van der Waals surface area contributed by atoms with Gasteiger partial charge in [0.1, 0.15) is 29.9 Å². The molecule has 0 spiro atoms. The van der Waals surface area contributed by atoms with Gasteiger partial charge in [-0.15, -0.1) is 0 Å². The smallest absolute Gasteiger partial charge is 0.326 e. The molecule has 6 unspecified atom stereocenters. The summed E-state index contributed by atoms with van der Waals surface area (Å²) >= 11 is 0. The van der Waals surface area contributed by atoms with Crippen LogP contribution in [0.3, 0.4) is 0 Å². The van der Waals surface area contributed by atoms with E-state index in [1.165, 1.54) is 31.2 Å². The number of aliphatic hydroxyl groups is 1. The van der Waals surface area contributed by atoms with Gasteiger partial charge in [0.15, 0.2) is 0 Å². The van der Waals surface area contributed by atoms with E-state index in [0.29, 0.717) is 12.0 Å². The molecule has 1 aromatic rings. The Bertz CT molecular complexity index is 937. The molecule has 0 aliphatic carbocycles. The molecule has 0 aromatic heterocycles. The lowest BCUT2D eigenvalue weighted by atomic mass is 9.96. The van der Waals surface area contributed by atoms with E-state index in [-0.39, 0.29) is 12.2 Å². The van der Waals surface area contributed by atoms with Crippen LogP contribution in [-0.2, 0) is 30.4 Å². The zero-order valence-corrected chi connectivity index (χ0v) is 20.4. The number of hydrogen-bond donors (Lipinski definition) is 8. The van der Waals surface area contributed by atoms with Gasteiger partial charge in [0, 0.05) is 6.42 Å². The van der Waals surface area contributed by atoms with Crippen molar-refractivity contribution in [1.82, 2.24) is 16.0 Å². The third kappa shape index (κ3) is 9.50. The van der Waals surface area contributed by atoms with Gasteiger partial charge in [-0.25, -0.2) is 4.79 Å². The van der Waals surface area contributed by atoms with Crippen molar-refractivity contribution >= 4 is 29.6 Å². The van der Waals surface area contributed by atoms with Crippen LogP contribution >= 0.6 is 0 Å². The first-order valence-electron chi connectivity index (χ1n) is 11.4. The summed E-state index contributed by atoms with van der Waals surface area (Å²) in [4.78, 5) is 61.2. The zero-order chi connectivity index (χ0) is 27.6. The van der Waals surface area contributed by atoms with Crippen LogP contribution in [0.5, 0.6) is 5.75 Å². The van der Waals surface area contributed by atoms with Crippen LogP contribution in [0.25, 0.3) is 0 Å². The summed E-state index contributed by atoms with van der Waals surface area (Å²) in [6, 6.07) is 0.525. The minimum absolute atomic E-state index is 0.00244. The monoisotopic (exact) mass is 509 g/mol. The molecular formula is C23H35N5O8. The van der Waals surface area contributed by atoms with Crippen molar-refractivity contribution < 1.29 is 39.3 Å². The summed E-state index contributed by atoms with van der Waals surface area (Å²) in [6.07, 6.45) is -1.45. The first-order chi connectivity index (χ1) is 16.8. The fourth-order valence-corrected chi connectivity index (χ4v) is 3.18. The van der Waals surface area contributed by atoms with E-state index in [9.17, 15) is 39.3 Å². The first-order valence-corrected chi connectivity index (χ1v) is 11.4. The number of nitrogens with one attached hydrogen (secondary N) is 3. The quantitative estimate of drug-likeness (QED) is 0.140. The number of carbonyl (C=O) groups is 5. The number of hydrogen-bond acceptors (Lipinski definition) is 8. The van der Waals surface area contributed by atoms with Crippen LogP contribution in [0.15, 0.2) is 24.3 Å². The maximum absolute atomic E-state index is 13.2. The van der Waals surface area contributed by atoms with Crippen LogP contribution in [0.1, 0.15) is 39.2 Å². The van der Waals surface area contributed by atoms with Crippen LogP contribution in [0, 0.1) is 5.92 Å². The molecule has 0 radical (unpaired) electrons. The van der Waals surface area contributed by atoms with Crippen molar-refractivity contribution in [2.24, 2.45) is 17.4 Å². The summed E-state index contributed by atoms with van der Waals surface area (Å²) in [5.74, 6) is -5.28. The molecule has 0 fully saturated rings. The summed E-state index contributed by atoms with van der Waals surface area (Å²) in [7, 11) is 0. The number of benzene rings is 1. The molecule has 4 amide bonds. The van der Waals surface area contributed by atoms with Crippen molar-refractivity contribution in [3.8, 4) is 5.75 Å². The predicted molar refractivity (Wildman–Crippen MR) is 128 cm³/mol. The zero-order valence-electron chi connectivity index (χ0n) is 20.4. The van der Waals surface area contributed by atoms with Crippen LogP contribution < -0.4 is 27.4 Å². The lowest BCUT2D eigenvalue weighted by molar-refractivity contribution is -0.144. The van der Waals surface area contributed by atoms with Crippen molar-refractivity contribution in [3.63, 3.8) is 0 Å². The predicted octanol–water partition coefficient (Wildman–Crippen LogP) is -1.90. The van der Waals surface area contributed by atoms with Crippen LogP contribution in [-0.4, -0.2) is 75.2 Å². The van der Waals surface area contributed by atoms with E-state index >= 15 is 0 Å². The van der Waals surface area contributed by atoms with Gasteiger partial charge in [-0.05, 0) is 30.5 Å². The molecule has 6 atom stereocenters. The van der Waals surface area contributed by atoms with E-state index in [1.807, 2.05) is 0 Å². The Morgan fingerprint density at radius 2 is 1.47 bits per heavy atom. The number of rotatable bonds is 14. The molecule has 0 bridgehead atoms. The number of carboxylic acids is 1. The second-order valence-corrected chi connectivity index (χ2v) is 8.64. The molecule has 200 valence electrons.